The number of nitrogens with two attached hydrogens (primary N) is 1. The lowest BCUT2D eigenvalue weighted by molar-refractivity contribution is -0.946. The van der Waals surface area contributed by atoms with Gasteiger partial charge in [0.1, 0.15) is 31.9 Å². The first-order valence-electron chi connectivity index (χ1n) is 10.2. The molecular formula is C23H27N3O3+2. The maximum Gasteiger partial charge on any atom is 0.295 e. The predicted octanol–water partition coefficient (Wildman–Crippen LogP) is -0.430. The zero-order valence-electron chi connectivity index (χ0n) is 16.4. The Hall–Kier alpha value is -2.96. The van der Waals surface area contributed by atoms with Crippen molar-refractivity contribution >= 4 is 17.4 Å². The summed E-state index contributed by atoms with van der Waals surface area (Å²) in [7, 11) is 0. The van der Waals surface area contributed by atoms with Gasteiger partial charge in [0.2, 0.25) is 0 Å². The SMILES string of the molecule is O=C1C(=O)N(CC[NH+]2CC[NH2+]CC2)[C@H](c2ccccc2)C1=C(O)c1ccccc1. The number of quaternary nitrogens is 2. The summed E-state index contributed by atoms with van der Waals surface area (Å²) >= 11 is 0. The van der Waals surface area contributed by atoms with Gasteiger partial charge in [0.05, 0.1) is 24.7 Å². The number of Topliss-reactive ketones (excluding diaryl/α,β-unsaturated/α-hetero) is 1. The van der Waals surface area contributed by atoms with E-state index in [4.69, 9.17) is 0 Å². The van der Waals surface area contributed by atoms with Gasteiger partial charge in [-0.3, -0.25) is 9.59 Å². The van der Waals surface area contributed by atoms with E-state index in [9.17, 15) is 14.7 Å². The molecule has 150 valence electrons. The van der Waals surface area contributed by atoms with Crippen molar-refractivity contribution in [3.63, 3.8) is 0 Å². The van der Waals surface area contributed by atoms with E-state index in [0.717, 1.165) is 38.3 Å². The van der Waals surface area contributed by atoms with Gasteiger partial charge in [0, 0.05) is 5.56 Å². The molecule has 2 fully saturated rings. The number of nitrogens with one attached hydrogen (secondary N) is 1. The van der Waals surface area contributed by atoms with Gasteiger partial charge in [-0.25, -0.2) is 0 Å². The highest BCUT2D eigenvalue weighted by molar-refractivity contribution is 6.46. The Labute approximate surface area is 170 Å². The van der Waals surface area contributed by atoms with E-state index >= 15 is 0 Å². The molecule has 1 atom stereocenters. The Morgan fingerprint density at radius 2 is 1.62 bits per heavy atom. The summed E-state index contributed by atoms with van der Waals surface area (Å²) in [4.78, 5) is 29.0. The molecule has 6 nitrogen and oxygen atoms in total. The number of ketones is 1. The number of carbonyl (C=O) groups excluding carboxylic acids is 2. The normalized spacial score (nSPS) is 22.2. The van der Waals surface area contributed by atoms with E-state index in [0.29, 0.717) is 12.1 Å². The van der Waals surface area contributed by atoms with Crippen LogP contribution in [0.5, 0.6) is 0 Å². The number of nitrogens with zero attached hydrogens (tertiary/aromatic N) is 1. The van der Waals surface area contributed by atoms with Crippen LogP contribution in [0.25, 0.3) is 5.76 Å². The molecule has 2 aromatic carbocycles. The molecule has 2 heterocycles. The van der Waals surface area contributed by atoms with Crippen molar-refractivity contribution in [3.8, 4) is 0 Å². The molecule has 4 N–H and O–H groups in total. The first-order chi connectivity index (χ1) is 14.2. The van der Waals surface area contributed by atoms with Gasteiger partial charge >= 0.3 is 0 Å². The highest BCUT2D eigenvalue weighted by Gasteiger charge is 2.46. The number of rotatable bonds is 5. The molecule has 2 saturated heterocycles. The average molecular weight is 393 g/mol. The predicted molar refractivity (Wildman–Crippen MR) is 109 cm³/mol. The second-order valence-electron chi connectivity index (χ2n) is 7.64. The molecule has 2 aliphatic rings. The molecule has 0 aliphatic carbocycles. The molecule has 29 heavy (non-hydrogen) atoms. The number of piperazine rings is 1. The van der Waals surface area contributed by atoms with Gasteiger partial charge < -0.3 is 20.2 Å². The summed E-state index contributed by atoms with van der Waals surface area (Å²) in [5, 5.41) is 13.3. The lowest BCUT2D eigenvalue weighted by atomic mass is 9.95. The fourth-order valence-corrected chi connectivity index (χ4v) is 4.25. The molecule has 0 saturated carbocycles. The maximum absolute atomic E-state index is 12.9. The standard InChI is InChI=1S/C23H25N3O3/c27-21(18-9-5-2-6-10-18)19-20(17-7-3-1-4-8-17)26(23(29)22(19)28)16-15-25-13-11-24-12-14-25/h1-10,20,24,27H,11-16H2/p+2/t20-/m1/s1. The topological polar surface area (TPSA) is 78.7 Å². The number of likely N-dealkylation sites (tertiary alicyclic amines) is 1. The van der Waals surface area contributed by atoms with Crippen LogP contribution in [-0.2, 0) is 9.59 Å². The number of benzene rings is 2. The molecular weight excluding hydrogens is 366 g/mol. The van der Waals surface area contributed by atoms with Crippen LogP contribution in [-0.4, -0.2) is 61.0 Å². The van der Waals surface area contributed by atoms with Crippen LogP contribution >= 0.6 is 0 Å². The van der Waals surface area contributed by atoms with Crippen molar-refractivity contribution < 1.29 is 24.9 Å². The molecule has 0 radical (unpaired) electrons. The van der Waals surface area contributed by atoms with Crippen molar-refractivity contribution in [1.29, 1.82) is 0 Å². The number of aliphatic hydroxyl groups excluding tert-OH is 1. The number of carbonyl (C=O) groups is 2. The molecule has 2 aromatic rings. The second kappa shape index (κ2) is 8.59. The van der Waals surface area contributed by atoms with Crippen LogP contribution in [0, 0.1) is 0 Å². The van der Waals surface area contributed by atoms with Crippen LogP contribution in [0.3, 0.4) is 0 Å². The minimum atomic E-state index is -0.609. The zero-order valence-corrected chi connectivity index (χ0v) is 16.4. The summed E-state index contributed by atoms with van der Waals surface area (Å²) in [6, 6.07) is 17.9. The van der Waals surface area contributed by atoms with E-state index in [2.05, 4.69) is 5.32 Å². The van der Waals surface area contributed by atoms with Crippen LogP contribution in [0.1, 0.15) is 17.2 Å². The van der Waals surface area contributed by atoms with Crippen molar-refractivity contribution in [2.75, 3.05) is 39.3 Å². The zero-order chi connectivity index (χ0) is 20.2. The van der Waals surface area contributed by atoms with Crippen molar-refractivity contribution in [2.45, 2.75) is 6.04 Å². The van der Waals surface area contributed by atoms with Crippen molar-refractivity contribution in [1.82, 2.24) is 4.90 Å². The third-order valence-corrected chi connectivity index (χ3v) is 5.81. The second-order valence-corrected chi connectivity index (χ2v) is 7.64. The van der Waals surface area contributed by atoms with E-state index in [1.807, 2.05) is 36.4 Å². The summed E-state index contributed by atoms with van der Waals surface area (Å²) in [5.74, 6) is -1.25. The molecule has 0 aromatic heterocycles. The molecule has 0 unspecified atom stereocenters. The first-order valence-corrected chi connectivity index (χ1v) is 10.2. The quantitative estimate of drug-likeness (QED) is 0.367. The van der Waals surface area contributed by atoms with Crippen LogP contribution in [0.2, 0.25) is 0 Å². The van der Waals surface area contributed by atoms with E-state index < -0.39 is 17.7 Å². The van der Waals surface area contributed by atoms with Gasteiger partial charge in [0.25, 0.3) is 11.7 Å². The van der Waals surface area contributed by atoms with Crippen LogP contribution in [0.15, 0.2) is 66.2 Å². The van der Waals surface area contributed by atoms with E-state index in [1.54, 1.807) is 29.2 Å². The van der Waals surface area contributed by atoms with Crippen LogP contribution < -0.4 is 10.2 Å². The summed E-state index contributed by atoms with van der Waals surface area (Å²) in [6.45, 7) is 5.59. The molecule has 2 aliphatic heterocycles. The van der Waals surface area contributed by atoms with Crippen LogP contribution in [0.4, 0.5) is 0 Å². The van der Waals surface area contributed by atoms with Gasteiger partial charge in [0.15, 0.2) is 0 Å². The highest BCUT2D eigenvalue weighted by Crippen LogP contribution is 2.38. The van der Waals surface area contributed by atoms with Gasteiger partial charge in [-0.2, -0.15) is 0 Å². The van der Waals surface area contributed by atoms with Crippen molar-refractivity contribution in [3.05, 3.63) is 77.4 Å². The monoisotopic (exact) mass is 393 g/mol. The Kier molecular flexibility index (Phi) is 5.74. The Balaban J connectivity index is 1.70. The lowest BCUT2D eigenvalue weighted by Gasteiger charge is -2.28. The third-order valence-electron chi connectivity index (χ3n) is 5.81. The maximum atomic E-state index is 12.9. The molecule has 0 bridgehead atoms. The molecule has 6 heteroatoms. The summed E-state index contributed by atoms with van der Waals surface area (Å²) in [5.41, 5.74) is 1.56. The number of aliphatic hydroxyl groups is 1. The fourth-order valence-electron chi connectivity index (χ4n) is 4.25. The Morgan fingerprint density at radius 3 is 2.28 bits per heavy atom. The highest BCUT2D eigenvalue weighted by atomic mass is 16.3. The summed E-state index contributed by atoms with van der Waals surface area (Å²) < 4.78 is 0. The molecule has 1 amide bonds. The van der Waals surface area contributed by atoms with Crippen molar-refractivity contribution in [2.24, 2.45) is 0 Å². The number of amides is 1. The average Bonchev–Trinajstić information content (AvgIpc) is 3.04. The number of hydrogen-bond acceptors (Lipinski definition) is 3. The largest absolute Gasteiger partial charge is 0.507 e. The third kappa shape index (κ3) is 3.95. The van der Waals surface area contributed by atoms with E-state index in [-0.39, 0.29) is 11.3 Å². The Bertz CT molecular complexity index is 905. The lowest BCUT2D eigenvalue weighted by Crippen LogP contribution is -3.20. The smallest absolute Gasteiger partial charge is 0.295 e. The van der Waals surface area contributed by atoms with Gasteiger partial charge in [-0.1, -0.05) is 60.7 Å². The number of hydrogen-bond donors (Lipinski definition) is 3. The van der Waals surface area contributed by atoms with Gasteiger partial charge in [-0.15, -0.1) is 0 Å². The Morgan fingerprint density at radius 1 is 1.00 bits per heavy atom. The molecule has 4 rings (SSSR count). The first kappa shape index (κ1) is 19.4. The summed E-state index contributed by atoms with van der Waals surface area (Å²) in [6.07, 6.45) is 0. The minimum absolute atomic E-state index is 0.111. The van der Waals surface area contributed by atoms with Gasteiger partial charge in [-0.05, 0) is 5.56 Å². The van der Waals surface area contributed by atoms with E-state index in [1.165, 1.54) is 4.90 Å². The fraction of sp³-hybridized carbons (Fsp3) is 0.304. The molecule has 0 spiro atoms. The minimum Gasteiger partial charge on any atom is -0.507 e.